The summed E-state index contributed by atoms with van der Waals surface area (Å²) in [5, 5.41) is 8.76. The predicted octanol–water partition coefficient (Wildman–Crippen LogP) is 3.27. The third kappa shape index (κ3) is 3.69. The number of benzene rings is 1. The van der Waals surface area contributed by atoms with E-state index in [-0.39, 0.29) is 0 Å². The highest BCUT2D eigenvalue weighted by molar-refractivity contribution is 5.88. The molecule has 5 nitrogen and oxygen atoms in total. The Hall–Kier alpha value is -2.51. The van der Waals surface area contributed by atoms with Crippen molar-refractivity contribution in [3.8, 4) is 0 Å². The average molecular weight is 338 g/mol. The van der Waals surface area contributed by atoms with Gasteiger partial charge in [-0.1, -0.05) is 12.1 Å². The monoisotopic (exact) mass is 338 g/mol. The highest BCUT2D eigenvalue weighted by Crippen LogP contribution is 2.27. The molecule has 2 N–H and O–H groups in total. The lowest BCUT2D eigenvalue weighted by Crippen LogP contribution is -2.37. The fourth-order valence-corrected chi connectivity index (χ4v) is 2.65. The van der Waals surface area contributed by atoms with Gasteiger partial charge in [-0.05, 0) is 31.4 Å². The Balaban J connectivity index is 1.58. The van der Waals surface area contributed by atoms with E-state index < -0.39 is 29.9 Å². The second-order valence-electron chi connectivity index (χ2n) is 5.72. The zero-order chi connectivity index (χ0) is 17.2. The maximum absolute atomic E-state index is 14.0. The molecule has 128 valence electrons. The maximum Gasteiger partial charge on any atom is 0.320 e. The number of anilines is 1. The third-order valence-corrected chi connectivity index (χ3v) is 3.88. The maximum atomic E-state index is 14.0. The van der Waals surface area contributed by atoms with Crippen LogP contribution in [0.25, 0.3) is 0 Å². The Morgan fingerprint density at radius 2 is 2.12 bits per heavy atom. The summed E-state index contributed by atoms with van der Waals surface area (Å²) in [5.41, 5.74) is 0.530. The van der Waals surface area contributed by atoms with Gasteiger partial charge in [0.15, 0.2) is 5.82 Å². The second-order valence-corrected chi connectivity index (χ2v) is 5.72. The van der Waals surface area contributed by atoms with Gasteiger partial charge in [-0.15, -0.1) is 0 Å². The van der Waals surface area contributed by atoms with Crippen molar-refractivity contribution in [2.45, 2.75) is 31.7 Å². The molecule has 2 amide bonds. The molecule has 0 radical (unpaired) electrons. The van der Waals surface area contributed by atoms with Gasteiger partial charge in [-0.25, -0.2) is 9.18 Å². The molecule has 1 aromatic heterocycles. The van der Waals surface area contributed by atoms with E-state index in [2.05, 4.69) is 15.7 Å². The fourth-order valence-electron chi connectivity index (χ4n) is 2.65. The lowest BCUT2D eigenvalue weighted by atomic mass is 10.1. The largest absolute Gasteiger partial charge is 0.331 e. The topological polar surface area (TPSA) is 59.0 Å². The van der Waals surface area contributed by atoms with E-state index in [1.54, 1.807) is 10.7 Å². The van der Waals surface area contributed by atoms with Crippen LogP contribution in [0.4, 0.5) is 23.8 Å². The Morgan fingerprint density at radius 1 is 1.29 bits per heavy atom. The summed E-state index contributed by atoms with van der Waals surface area (Å²) in [6, 6.07) is 5.12. The number of nitrogens with zero attached hydrogens (tertiary/aromatic N) is 2. The molecule has 2 heterocycles. The van der Waals surface area contributed by atoms with Gasteiger partial charge < -0.3 is 5.32 Å². The van der Waals surface area contributed by atoms with E-state index >= 15 is 0 Å². The van der Waals surface area contributed by atoms with Crippen LogP contribution in [-0.2, 0) is 18.9 Å². The molecule has 0 fully saturated rings. The first-order valence-corrected chi connectivity index (χ1v) is 7.69. The molecule has 0 spiro atoms. The van der Waals surface area contributed by atoms with E-state index in [1.165, 1.54) is 6.07 Å². The summed E-state index contributed by atoms with van der Waals surface area (Å²) >= 11 is 0. The molecule has 0 saturated heterocycles. The highest BCUT2D eigenvalue weighted by Gasteiger charge is 2.32. The van der Waals surface area contributed by atoms with Gasteiger partial charge in [0, 0.05) is 23.9 Å². The molecule has 0 unspecified atom stereocenters. The van der Waals surface area contributed by atoms with Crippen molar-refractivity contribution in [2.24, 2.45) is 0 Å². The SMILES string of the molecule is O=C(NCC(F)(F)c1cccc(F)c1)Nc1cc2n(n1)CCCC2. The van der Waals surface area contributed by atoms with E-state index in [0.29, 0.717) is 5.82 Å². The van der Waals surface area contributed by atoms with Gasteiger partial charge >= 0.3 is 6.03 Å². The zero-order valence-electron chi connectivity index (χ0n) is 12.9. The first kappa shape index (κ1) is 16.4. The van der Waals surface area contributed by atoms with Crippen molar-refractivity contribution in [1.29, 1.82) is 0 Å². The number of halogens is 3. The Kier molecular flexibility index (Phi) is 4.46. The number of hydrogen-bond donors (Lipinski definition) is 2. The summed E-state index contributed by atoms with van der Waals surface area (Å²) in [4.78, 5) is 11.8. The van der Waals surface area contributed by atoms with Crippen molar-refractivity contribution in [3.63, 3.8) is 0 Å². The smallest absolute Gasteiger partial charge is 0.320 e. The van der Waals surface area contributed by atoms with Gasteiger partial charge in [0.25, 0.3) is 5.92 Å². The van der Waals surface area contributed by atoms with Crippen LogP contribution in [-0.4, -0.2) is 22.4 Å². The lowest BCUT2D eigenvalue weighted by molar-refractivity contribution is -0.000375. The van der Waals surface area contributed by atoms with Crippen molar-refractivity contribution in [2.75, 3.05) is 11.9 Å². The first-order chi connectivity index (χ1) is 11.4. The van der Waals surface area contributed by atoms with Crippen LogP contribution in [0.3, 0.4) is 0 Å². The molecule has 1 aliphatic rings. The number of carbonyl (C=O) groups is 1. The fraction of sp³-hybridized carbons (Fsp3) is 0.375. The van der Waals surface area contributed by atoms with Crippen LogP contribution in [0.2, 0.25) is 0 Å². The number of carbonyl (C=O) groups excluding carboxylic acids is 1. The van der Waals surface area contributed by atoms with Gasteiger partial charge in [-0.2, -0.15) is 13.9 Å². The van der Waals surface area contributed by atoms with E-state index in [9.17, 15) is 18.0 Å². The van der Waals surface area contributed by atoms with E-state index in [1.807, 2.05) is 0 Å². The molecular formula is C16H17F3N4O. The van der Waals surface area contributed by atoms with Crippen molar-refractivity contribution >= 4 is 11.8 Å². The van der Waals surface area contributed by atoms with Gasteiger partial charge in [0.05, 0.1) is 6.54 Å². The summed E-state index contributed by atoms with van der Waals surface area (Å²) < 4.78 is 42.8. The Labute approximate surface area is 136 Å². The number of aryl methyl sites for hydroxylation is 2. The van der Waals surface area contributed by atoms with Gasteiger partial charge in [-0.3, -0.25) is 10.00 Å². The molecule has 1 aromatic carbocycles. The number of rotatable bonds is 4. The molecule has 0 bridgehead atoms. The quantitative estimate of drug-likeness (QED) is 0.899. The van der Waals surface area contributed by atoms with Crippen LogP contribution in [0.5, 0.6) is 0 Å². The number of alkyl halides is 2. The Bertz CT molecular complexity index is 721. The lowest BCUT2D eigenvalue weighted by Gasteiger charge is -2.17. The minimum absolute atomic E-state index is 0.332. The van der Waals surface area contributed by atoms with Crippen LogP contribution < -0.4 is 10.6 Å². The number of amides is 2. The second kappa shape index (κ2) is 6.54. The van der Waals surface area contributed by atoms with Gasteiger partial charge in [0.2, 0.25) is 0 Å². The normalized spacial score (nSPS) is 14.1. The van der Waals surface area contributed by atoms with Crippen LogP contribution in [0.1, 0.15) is 24.1 Å². The molecule has 8 heteroatoms. The molecule has 3 rings (SSSR count). The summed E-state index contributed by atoms with van der Waals surface area (Å²) in [5.74, 6) is -3.79. The van der Waals surface area contributed by atoms with Gasteiger partial charge in [0.1, 0.15) is 5.82 Å². The summed E-state index contributed by atoms with van der Waals surface area (Å²) in [6.07, 6.45) is 2.98. The minimum Gasteiger partial charge on any atom is -0.331 e. The van der Waals surface area contributed by atoms with Crippen LogP contribution in [0.15, 0.2) is 30.3 Å². The van der Waals surface area contributed by atoms with Crippen LogP contribution in [0, 0.1) is 5.82 Å². The number of hydrogen-bond acceptors (Lipinski definition) is 2. The summed E-state index contributed by atoms with van der Waals surface area (Å²) in [6.45, 7) is -0.147. The minimum atomic E-state index is -3.37. The van der Waals surface area contributed by atoms with Crippen molar-refractivity contribution in [3.05, 3.63) is 47.4 Å². The Morgan fingerprint density at radius 3 is 2.88 bits per heavy atom. The molecule has 24 heavy (non-hydrogen) atoms. The summed E-state index contributed by atoms with van der Waals surface area (Å²) in [7, 11) is 0. The van der Waals surface area contributed by atoms with E-state index in [0.717, 1.165) is 49.7 Å². The molecule has 1 aliphatic heterocycles. The first-order valence-electron chi connectivity index (χ1n) is 7.69. The molecule has 2 aromatic rings. The predicted molar refractivity (Wildman–Crippen MR) is 82.5 cm³/mol. The zero-order valence-corrected chi connectivity index (χ0v) is 12.9. The van der Waals surface area contributed by atoms with E-state index in [4.69, 9.17) is 0 Å². The average Bonchev–Trinajstić information content (AvgIpc) is 2.95. The number of nitrogens with one attached hydrogen (secondary N) is 2. The molecular weight excluding hydrogens is 321 g/mol. The third-order valence-electron chi connectivity index (χ3n) is 3.88. The highest BCUT2D eigenvalue weighted by atomic mass is 19.3. The van der Waals surface area contributed by atoms with Crippen molar-refractivity contribution < 1.29 is 18.0 Å². The van der Waals surface area contributed by atoms with Crippen molar-refractivity contribution in [1.82, 2.24) is 15.1 Å². The number of aromatic nitrogens is 2. The van der Waals surface area contributed by atoms with Crippen LogP contribution >= 0.6 is 0 Å². The molecule has 0 saturated carbocycles. The number of urea groups is 1. The molecule has 0 atom stereocenters. The number of fused-ring (bicyclic) bond motifs is 1. The molecule has 0 aliphatic carbocycles. The standard InChI is InChI=1S/C16H17F3N4O/c17-12-5-3-4-11(8-12)16(18,19)10-20-15(24)21-14-9-13-6-1-2-7-23(13)22-14/h3-5,8-9H,1-2,6-7,10H2,(H2,20,21,22,24).